The average molecular weight is 212 g/mol. The number of aromatic nitrogens is 1. The number of aromatic hydroxyl groups is 1. The molecule has 0 spiro atoms. The van der Waals surface area contributed by atoms with Crippen molar-refractivity contribution in [3.05, 3.63) is 54.4 Å². The second-order valence-electron chi connectivity index (χ2n) is 3.40. The molecular formula is C13H12N2O. The molecule has 0 aliphatic carbocycles. The molecule has 0 unspecified atom stereocenters. The smallest absolute Gasteiger partial charge is 0.141 e. The quantitative estimate of drug-likeness (QED) is 0.778. The van der Waals surface area contributed by atoms with Crippen LogP contribution in [0.3, 0.4) is 0 Å². The summed E-state index contributed by atoms with van der Waals surface area (Å²) in [6.45, 7) is 1.87. The van der Waals surface area contributed by atoms with Crippen molar-refractivity contribution < 1.29 is 5.11 Å². The predicted molar refractivity (Wildman–Crippen MR) is 64.2 cm³/mol. The van der Waals surface area contributed by atoms with Crippen molar-refractivity contribution in [3.8, 4) is 5.75 Å². The van der Waals surface area contributed by atoms with E-state index in [1.807, 2.05) is 31.2 Å². The van der Waals surface area contributed by atoms with E-state index in [1.165, 1.54) is 0 Å². The van der Waals surface area contributed by atoms with Crippen LogP contribution >= 0.6 is 0 Å². The summed E-state index contributed by atoms with van der Waals surface area (Å²) in [6.07, 6.45) is 1.72. The van der Waals surface area contributed by atoms with Crippen molar-refractivity contribution in [1.29, 1.82) is 0 Å². The molecule has 0 radical (unpaired) electrons. The van der Waals surface area contributed by atoms with Crippen LogP contribution in [0.4, 0.5) is 5.69 Å². The van der Waals surface area contributed by atoms with E-state index in [0.717, 1.165) is 11.4 Å². The highest BCUT2D eigenvalue weighted by molar-refractivity contribution is 5.98. The number of benzene rings is 1. The Bertz CT molecular complexity index is 506. The van der Waals surface area contributed by atoms with Crippen LogP contribution in [0, 0.1) is 0 Å². The Kier molecular flexibility index (Phi) is 2.96. The first-order chi connectivity index (χ1) is 7.77. The van der Waals surface area contributed by atoms with Crippen molar-refractivity contribution in [2.75, 3.05) is 0 Å². The Hall–Kier alpha value is -2.16. The second kappa shape index (κ2) is 4.57. The fraction of sp³-hybridized carbons (Fsp3) is 0.0769. The van der Waals surface area contributed by atoms with Gasteiger partial charge in [-0.25, -0.2) is 4.99 Å². The molecule has 16 heavy (non-hydrogen) atoms. The third-order valence-electron chi connectivity index (χ3n) is 2.21. The third-order valence-corrected chi connectivity index (χ3v) is 2.21. The summed E-state index contributed by atoms with van der Waals surface area (Å²) in [5.41, 5.74) is 2.15. The third kappa shape index (κ3) is 2.25. The molecule has 0 aliphatic heterocycles. The molecule has 3 heteroatoms. The van der Waals surface area contributed by atoms with E-state index in [2.05, 4.69) is 9.98 Å². The molecular weight excluding hydrogens is 200 g/mol. The molecule has 2 rings (SSSR count). The van der Waals surface area contributed by atoms with Gasteiger partial charge in [-0.2, -0.15) is 0 Å². The first kappa shape index (κ1) is 10.4. The molecule has 1 heterocycles. The monoisotopic (exact) mass is 212 g/mol. The van der Waals surface area contributed by atoms with E-state index in [-0.39, 0.29) is 5.75 Å². The summed E-state index contributed by atoms with van der Waals surface area (Å²) >= 11 is 0. The van der Waals surface area contributed by atoms with Crippen LogP contribution in [0.15, 0.2) is 53.7 Å². The lowest BCUT2D eigenvalue weighted by Gasteiger charge is -2.01. The normalized spacial score (nSPS) is 11.4. The van der Waals surface area contributed by atoms with Crippen LogP contribution in [-0.2, 0) is 0 Å². The maximum atomic E-state index is 9.58. The number of phenols is 1. The van der Waals surface area contributed by atoms with Crippen LogP contribution in [0.2, 0.25) is 0 Å². The van der Waals surface area contributed by atoms with E-state index in [1.54, 1.807) is 24.4 Å². The van der Waals surface area contributed by atoms with Gasteiger partial charge in [0.2, 0.25) is 0 Å². The summed E-state index contributed by atoms with van der Waals surface area (Å²) in [5, 5.41) is 9.58. The number of phenolic OH excluding ortho intramolecular Hbond substituents is 1. The molecule has 1 N–H and O–H groups in total. The zero-order valence-corrected chi connectivity index (χ0v) is 8.96. The molecule has 0 bridgehead atoms. The van der Waals surface area contributed by atoms with Gasteiger partial charge in [-0.05, 0) is 31.2 Å². The molecule has 3 nitrogen and oxygen atoms in total. The molecule has 80 valence electrons. The molecule has 0 fully saturated rings. The minimum absolute atomic E-state index is 0.179. The molecule has 1 aromatic heterocycles. The number of hydrogen-bond acceptors (Lipinski definition) is 3. The highest BCUT2D eigenvalue weighted by atomic mass is 16.3. The fourth-order valence-electron chi connectivity index (χ4n) is 1.37. The Morgan fingerprint density at radius 2 is 1.88 bits per heavy atom. The minimum Gasteiger partial charge on any atom is -0.506 e. The standard InChI is InChI=1S/C13H12N2O/c1-10(11-6-4-5-9-14-11)15-12-7-2-3-8-13(12)16/h2-9,16H,1H3. The van der Waals surface area contributed by atoms with Crippen LogP contribution in [0.1, 0.15) is 12.6 Å². The number of pyridine rings is 1. The summed E-state index contributed by atoms with van der Waals surface area (Å²) in [5.74, 6) is 0.179. The predicted octanol–water partition coefficient (Wildman–Crippen LogP) is 2.93. The lowest BCUT2D eigenvalue weighted by molar-refractivity contribution is 0.477. The maximum absolute atomic E-state index is 9.58. The van der Waals surface area contributed by atoms with Gasteiger partial charge in [0.1, 0.15) is 11.4 Å². The average Bonchev–Trinajstić information content (AvgIpc) is 2.33. The van der Waals surface area contributed by atoms with Gasteiger partial charge >= 0.3 is 0 Å². The van der Waals surface area contributed by atoms with Gasteiger partial charge in [-0.1, -0.05) is 18.2 Å². The van der Waals surface area contributed by atoms with Gasteiger partial charge in [0.25, 0.3) is 0 Å². The molecule has 1 aromatic carbocycles. The zero-order valence-electron chi connectivity index (χ0n) is 8.96. The molecule has 0 aliphatic rings. The number of hydrogen-bond donors (Lipinski definition) is 1. The van der Waals surface area contributed by atoms with Gasteiger partial charge < -0.3 is 5.11 Å². The highest BCUT2D eigenvalue weighted by Crippen LogP contribution is 2.25. The van der Waals surface area contributed by atoms with E-state index >= 15 is 0 Å². The second-order valence-corrected chi connectivity index (χ2v) is 3.40. The summed E-state index contributed by atoms with van der Waals surface area (Å²) in [7, 11) is 0. The molecule has 0 saturated carbocycles. The van der Waals surface area contributed by atoms with Gasteiger partial charge in [0, 0.05) is 6.20 Å². The number of para-hydroxylation sites is 2. The van der Waals surface area contributed by atoms with Gasteiger partial charge in [0.15, 0.2) is 0 Å². The van der Waals surface area contributed by atoms with Crippen LogP contribution in [0.25, 0.3) is 0 Å². The molecule has 0 amide bonds. The summed E-state index contributed by atoms with van der Waals surface area (Å²) in [6, 6.07) is 12.6. The van der Waals surface area contributed by atoms with Crippen LogP contribution < -0.4 is 0 Å². The van der Waals surface area contributed by atoms with Gasteiger partial charge in [-0.15, -0.1) is 0 Å². The number of nitrogens with zero attached hydrogens (tertiary/aromatic N) is 2. The van der Waals surface area contributed by atoms with Crippen LogP contribution in [-0.4, -0.2) is 15.8 Å². The molecule has 2 aromatic rings. The van der Waals surface area contributed by atoms with Crippen molar-refractivity contribution in [2.24, 2.45) is 4.99 Å². The zero-order chi connectivity index (χ0) is 11.4. The van der Waals surface area contributed by atoms with E-state index < -0.39 is 0 Å². The molecule has 0 saturated heterocycles. The van der Waals surface area contributed by atoms with Crippen molar-refractivity contribution in [1.82, 2.24) is 4.98 Å². The van der Waals surface area contributed by atoms with E-state index in [0.29, 0.717) is 5.69 Å². The summed E-state index contributed by atoms with van der Waals surface area (Å²) < 4.78 is 0. The highest BCUT2D eigenvalue weighted by Gasteiger charge is 2.00. The van der Waals surface area contributed by atoms with Gasteiger partial charge in [-0.3, -0.25) is 4.98 Å². The van der Waals surface area contributed by atoms with Crippen molar-refractivity contribution >= 4 is 11.4 Å². The largest absolute Gasteiger partial charge is 0.506 e. The number of aliphatic imine (C=N–C) groups is 1. The first-order valence-electron chi connectivity index (χ1n) is 5.02. The lowest BCUT2D eigenvalue weighted by Crippen LogP contribution is -1.96. The van der Waals surface area contributed by atoms with E-state index in [9.17, 15) is 5.11 Å². The Morgan fingerprint density at radius 1 is 1.12 bits per heavy atom. The fourth-order valence-corrected chi connectivity index (χ4v) is 1.37. The van der Waals surface area contributed by atoms with E-state index in [4.69, 9.17) is 0 Å². The minimum atomic E-state index is 0.179. The first-order valence-corrected chi connectivity index (χ1v) is 5.02. The Labute approximate surface area is 94.1 Å². The lowest BCUT2D eigenvalue weighted by atomic mass is 10.2. The van der Waals surface area contributed by atoms with Crippen molar-refractivity contribution in [2.45, 2.75) is 6.92 Å². The Morgan fingerprint density at radius 3 is 2.56 bits per heavy atom. The molecule has 0 atom stereocenters. The Balaban J connectivity index is 2.36. The topological polar surface area (TPSA) is 45.5 Å². The van der Waals surface area contributed by atoms with Crippen molar-refractivity contribution in [3.63, 3.8) is 0 Å². The van der Waals surface area contributed by atoms with Crippen LogP contribution in [0.5, 0.6) is 5.75 Å². The SMILES string of the molecule is CC(=Nc1ccccc1O)c1ccccn1. The summed E-state index contributed by atoms with van der Waals surface area (Å²) in [4.78, 5) is 8.53. The maximum Gasteiger partial charge on any atom is 0.141 e. The number of rotatable bonds is 2. The van der Waals surface area contributed by atoms with Gasteiger partial charge in [0.05, 0.1) is 11.4 Å².